The summed E-state index contributed by atoms with van der Waals surface area (Å²) in [5.74, 6) is 0. The summed E-state index contributed by atoms with van der Waals surface area (Å²) in [6, 6.07) is 0.526. The molecule has 0 aromatic heterocycles. The van der Waals surface area contributed by atoms with E-state index in [1.165, 1.54) is 5.57 Å². The highest BCUT2D eigenvalue weighted by molar-refractivity contribution is 5.01. The predicted octanol–water partition coefficient (Wildman–Crippen LogP) is 2.23. The van der Waals surface area contributed by atoms with Gasteiger partial charge in [0.15, 0.2) is 0 Å². The highest BCUT2D eigenvalue weighted by Crippen LogP contribution is 2.06. The molecule has 1 fully saturated rings. The van der Waals surface area contributed by atoms with Gasteiger partial charge < -0.3 is 4.74 Å². The Morgan fingerprint density at radius 1 is 1.50 bits per heavy atom. The Kier molecular flexibility index (Phi) is 4.91. The molecule has 0 aromatic carbocycles. The van der Waals surface area contributed by atoms with E-state index in [-0.39, 0.29) is 0 Å². The van der Waals surface area contributed by atoms with Crippen molar-refractivity contribution in [1.29, 1.82) is 0 Å². The molecule has 0 saturated carbocycles. The fraction of sp³-hybridized carbons (Fsp3) is 0.667. The number of allylic oxidation sites excluding steroid dienone is 2. The number of morpholine rings is 1. The summed E-state index contributed by atoms with van der Waals surface area (Å²) in [5, 5.41) is 0. The zero-order valence-electron chi connectivity index (χ0n) is 9.33. The molecule has 1 rings (SSSR count). The number of rotatable bonds is 4. The smallest absolute Gasteiger partial charge is 0.0594 e. The highest BCUT2D eigenvalue weighted by atomic mass is 16.5. The van der Waals surface area contributed by atoms with Gasteiger partial charge in [-0.05, 0) is 20.3 Å². The van der Waals surface area contributed by atoms with Crippen molar-refractivity contribution in [2.75, 3.05) is 26.3 Å². The van der Waals surface area contributed by atoms with Crippen LogP contribution in [-0.4, -0.2) is 37.2 Å². The summed E-state index contributed by atoms with van der Waals surface area (Å²) in [4.78, 5) is 2.44. The minimum atomic E-state index is 0.526. The molecule has 0 amide bonds. The van der Waals surface area contributed by atoms with E-state index < -0.39 is 0 Å². The molecular weight excluding hydrogens is 174 g/mol. The molecule has 0 bridgehead atoms. The molecule has 80 valence electrons. The van der Waals surface area contributed by atoms with E-state index in [1.54, 1.807) is 0 Å². The summed E-state index contributed by atoms with van der Waals surface area (Å²) in [7, 11) is 0. The SMILES string of the molecule is C=C(C)CC=CC(C)N1CCOCC1. The van der Waals surface area contributed by atoms with Gasteiger partial charge in [-0.1, -0.05) is 24.3 Å². The molecule has 2 heteroatoms. The number of nitrogens with zero attached hydrogens (tertiary/aromatic N) is 1. The lowest BCUT2D eigenvalue weighted by molar-refractivity contribution is 0.0286. The average Bonchev–Trinajstić information content (AvgIpc) is 2.18. The highest BCUT2D eigenvalue weighted by Gasteiger charge is 2.13. The van der Waals surface area contributed by atoms with E-state index in [0.717, 1.165) is 32.7 Å². The summed E-state index contributed by atoms with van der Waals surface area (Å²) in [6.45, 7) is 12.0. The predicted molar refractivity (Wildman–Crippen MR) is 60.4 cm³/mol. The van der Waals surface area contributed by atoms with Crippen LogP contribution in [0.3, 0.4) is 0 Å². The average molecular weight is 195 g/mol. The second-order valence-electron chi connectivity index (χ2n) is 3.98. The number of hydrogen-bond acceptors (Lipinski definition) is 2. The van der Waals surface area contributed by atoms with Crippen molar-refractivity contribution >= 4 is 0 Å². The van der Waals surface area contributed by atoms with E-state index in [0.29, 0.717) is 6.04 Å². The van der Waals surface area contributed by atoms with Crippen LogP contribution in [0.4, 0.5) is 0 Å². The van der Waals surface area contributed by atoms with E-state index >= 15 is 0 Å². The van der Waals surface area contributed by atoms with Gasteiger partial charge in [0.05, 0.1) is 13.2 Å². The normalized spacial score (nSPS) is 21.3. The molecule has 2 nitrogen and oxygen atoms in total. The maximum atomic E-state index is 5.31. The topological polar surface area (TPSA) is 12.5 Å². The standard InChI is InChI=1S/C12H21NO/c1-11(2)5-4-6-12(3)13-7-9-14-10-8-13/h4,6,12H,1,5,7-10H2,2-3H3. The summed E-state index contributed by atoms with van der Waals surface area (Å²) >= 11 is 0. The third kappa shape index (κ3) is 4.07. The van der Waals surface area contributed by atoms with Crippen molar-refractivity contribution < 1.29 is 4.74 Å². The van der Waals surface area contributed by atoms with E-state index in [1.807, 2.05) is 0 Å². The van der Waals surface area contributed by atoms with Crippen LogP contribution in [0.15, 0.2) is 24.3 Å². The lowest BCUT2D eigenvalue weighted by Crippen LogP contribution is -2.41. The van der Waals surface area contributed by atoms with Gasteiger partial charge >= 0.3 is 0 Å². The fourth-order valence-corrected chi connectivity index (χ4v) is 1.57. The van der Waals surface area contributed by atoms with Crippen LogP contribution in [0.5, 0.6) is 0 Å². The van der Waals surface area contributed by atoms with Crippen molar-refractivity contribution in [3.05, 3.63) is 24.3 Å². The van der Waals surface area contributed by atoms with Crippen LogP contribution in [0.25, 0.3) is 0 Å². The first-order valence-electron chi connectivity index (χ1n) is 5.33. The van der Waals surface area contributed by atoms with Gasteiger partial charge in [0.25, 0.3) is 0 Å². The molecular formula is C12H21NO. The Labute approximate surface area is 87.2 Å². The Balaban J connectivity index is 2.28. The van der Waals surface area contributed by atoms with Gasteiger partial charge in [-0.15, -0.1) is 0 Å². The summed E-state index contributed by atoms with van der Waals surface area (Å²) in [5.41, 5.74) is 1.22. The van der Waals surface area contributed by atoms with E-state index in [2.05, 4.69) is 37.5 Å². The minimum absolute atomic E-state index is 0.526. The number of hydrogen-bond donors (Lipinski definition) is 0. The van der Waals surface area contributed by atoms with Crippen LogP contribution < -0.4 is 0 Å². The molecule has 0 spiro atoms. The van der Waals surface area contributed by atoms with Crippen molar-refractivity contribution in [2.45, 2.75) is 26.3 Å². The zero-order chi connectivity index (χ0) is 10.4. The maximum absolute atomic E-state index is 5.31. The molecule has 14 heavy (non-hydrogen) atoms. The van der Waals surface area contributed by atoms with Crippen molar-refractivity contribution in [2.24, 2.45) is 0 Å². The van der Waals surface area contributed by atoms with Crippen molar-refractivity contribution in [1.82, 2.24) is 4.90 Å². The Morgan fingerprint density at radius 3 is 2.71 bits per heavy atom. The van der Waals surface area contributed by atoms with Crippen LogP contribution in [0.1, 0.15) is 20.3 Å². The maximum Gasteiger partial charge on any atom is 0.0594 e. The van der Waals surface area contributed by atoms with Gasteiger partial charge in [-0.3, -0.25) is 4.90 Å². The Morgan fingerprint density at radius 2 is 2.14 bits per heavy atom. The fourth-order valence-electron chi connectivity index (χ4n) is 1.57. The van der Waals surface area contributed by atoms with Gasteiger partial charge in [-0.2, -0.15) is 0 Å². The molecule has 1 heterocycles. The lowest BCUT2D eigenvalue weighted by atomic mass is 10.2. The molecule has 1 aliphatic heterocycles. The molecule has 0 N–H and O–H groups in total. The molecule has 1 atom stereocenters. The lowest BCUT2D eigenvalue weighted by Gasteiger charge is -2.30. The van der Waals surface area contributed by atoms with Crippen LogP contribution in [-0.2, 0) is 4.74 Å². The molecule has 0 aliphatic carbocycles. The third-order valence-electron chi connectivity index (χ3n) is 2.50. The van der Waals surface area contributed by atoms with E-state index in [9.17, 15) is 0 Å². The molecule has 1 aliphatic rings. The second kappa shape index (κ2) is 5.99. The first kappa shape index (κ1) is 11.5. The first-order chi connectivity index (χ1) is 6.70. The van der Waals surface area contributed by atoms with E-state index in [4.69, 9.17) is 4.74 Å². The molecule has 1 unspecified atom stereocenters. The Hall–Kier alpha value is -0.600. The second-order valence-corrected chi connectivity index (χ2v) is 3.98. The molecule has 0 radical (unpaired) electrons. The zero-order valence-corrected chi connectivity index (χ0v) is 9.33. The van der Waals surface area contributed by atoms with Crippen molar-refractivity contribution in [3.63, 3.8) is 0 Å². The Bertz CT molecular complexity index is 204. The summed E-state index contributed by atoms with van der Waals surface area (Å²) in [6.07, 6.45) is 5.47. The van der Waals surface area contributed by atoms with Gasteiger partial charge in [0.1, 0.15) is 0 Å². The van der Waals surface area contributed by atoms with Crippen LogP contribution >= 0.6 is 0 Å². The quantitative estimate of drug-likeness (QED) is 0.638. The van der Waals surface area contributed by atoms with Gasteiger partial charge in [0.2, 0.25) is 0 Å². The molecule has 1 saturated heterocycles. The van der Waals surface area contributed by atoms with Gasteiger partial charge in [-0.25, -0.2) is 0 Å². The van der Waals surface area contributed by atoms with Crippen LogP contribution in [0.2, 0.25) is 0 Å². The van der Waals surface area contributed by atoms with Crippen LogP contribution in [0, 0.1) is 0 Å². The van der Waals surface area contributed by atoms with Gasteiger partial charge in [0, 0.05) is 19.1 Å². The monoisotopic (exact) mass is 195 g/mol. The minimum Gasteiger partial charge on any atom is -0.379 e. The summed E-state index contributed by atoms with van der Waals surface area (Å²) < 4.78 is 5.31. The number of ether oxygens (including phenoxy) is 1. The van der Waals surface area contributed by atoms with Crippen molar-refractivity contribution in [3.8, 4) is 0 Å². The molecule has 0 aromatic rings. The third-order valence-corrected chi connectivity index (χ3v) is 2.50. The largest absolute Gasteiger partial charge is 0.379 e. The first-order valence-corrected chi connectivity index (χ1v) is 5.33.